The van der Waals surface area contributed by atoms with E-state index in [0.717, 1.165) is 5.56 Å². The van der Waals surface area contributed by atoms with Gasteiger partial charge in [-0.3, -0.25) is 4.40 Å². The van der Waals surface area contributed by atoms with Gasteiger partial charge in [-0.05, 0) is 107 Å². The Morgan fingerprint density at radius 1 is 0.956 bits per heavy atom. The number of aryl methyl sites for hydroxylation is 1. The van der Waals surface area contributed by atoms with Crippen molar-refractivity contribution in [1.82, 2.24) is 14.4 Å². The summed E-state index contributed by atoms with van der Waals surface area (Å²) in [6, 6.07) is 5.12. The summed E-state index contributed by atoms with van der Waals surface area (Å²) in [5.74, 6) is -0.133. The van der Waals surface area contributed by atoms with Gasteiger partial charge < -0.3 is 13.9 Å². The van der Waals surface area contributed by atoms with E-state index in [0.29, 0.717) is 21.7 Å². The summed E-state index contributed by atoms with van der Waals surface area (Å²) < 4.78 is 49.1. The number of rotatable bonds is 6. The quantitative estimate of drug-likeness (QED) is 0.235. The molecule has 0 aliphatic heterocycles. The number of anilines is 1. The minimum Gasteiger partial charge on any atom is -0.443 e. The maximum Gasteiger partial charge on any atom is 0.425 e. The van der Waals surface area contributed by atoms with Gasteiger partial charge in [0, 0.05) is 11.8 Å². The standard InChI is InChI=1S/C32H45BrF2N4O5Si/c1-19-14-15-20(32(11,26(34)35)44-45(12,13)31(8,9)10)16-21(19)22-17-36-24-25(37-23(33)18-38(22)24)39(27(40)42-29(2,3)4)28(41)43-30(5,6)7/h14-18,26H,1-13H3. The third-order valence-corrected chi connectivity index (χ3v) is 12.5. The lowest BCUT2D eigenvalue weighted by Crippen LogP contribution is -2.50. The van der Waals surface area contributed by atoms with Crippen molar-refractivity contribution in [2.45, 2.75) is 118 Å². The van der Waals surface area contributed by atoms with Crippen molar-refractivity contribution in [3.63, 3.8) is 0 Å². The largest absolute Gasteiger partial charge is 0.443 e. The van der Waals surface area contributed by atoms with Crippen LogP contribution in [0.15, 0.2) is 35.2 Å². The summed E-state index contributed by atoms with van der Waals surface area (Å²) in [6.07, 6.45) is -1.64. The highest BCUT2D eigenvalue weighted by Crippen LogP contribution is 2.45. The van der Waals surface area contributed by atoms with Crippen molar-refractivity contribution in [1.29, 1.82) is 0 Å². The van der Waals surface area contributed by atoms with Gasteiger partial charge in [0.15, 0.2) is 19.8 Å². The van der Waals surface area contributed by atoms with E-state index in [-0.39, 0.29) is 21.1 Å². The number of imidazole rings is 1. The fourth-order valence-electron chi connectivity index (χ4n) is 4.27. The van der Waals surface area contributed by atoms with Crippen molar-refractivity contribution >= 4 is 47.9 Å². The van der Waals surface area contributed by atoms with Crippen LogP contribution in [0.2, 0.25) is 18.1 Å². The second-order valence-corrected chi connectivity index (χ2v) is 20.4. The molecule has 0 saturated heterocycles. The summed E-state index contributed by atoms with van der Waals surface area (Å²) in [5.41, 5.74) is -1.36. The Kier molecular flexibility index (Phi) is 10.0. The van der Waals surface area contributed by atoms with E-state index >= 15 is 0 Å². The fourth-order valence-corrected chi connectivity index (χ4v) is 6.22. The van der Waals surface area contributed by atoms with Gasteiger partial charge in [-0.25, -0.2) is 28.3 Å². The molecule has 0 fully saturated rings. The number of halogens is 3. The van der Waals surface area contributed by atoms with Gasteiger partial charge >= 0.3 is 12.2 Å². The van der Waals surface area contributed by atoms with Crippen molar-refractivity contribution in [2.75, 3.05) is 4.90 Å². The molecule has 248 valence electrons. The lowest BCUT2D eigenvalue weighted by atomic mass is 9.92. The van der Waals surface area contributed by atoms with Crippen LogP contribution in [0.4, 0.5) is 24.2 Å². The minimum atomic E-state index is -2.80. The van der Waals surface area contributed by atoms with Crippen LogP contribution < -0.4 is 4.90 Å². The average molecular weight is 712 g/mol. The maximum atomic E-state index is 14.9. The Morgan fingerprint density at radius 3 is 1.96 bits per heavy atom. The molecule has 0 bridgehead atoms. The van der Waals surface area contributed by atoms with E-state index < -0.39 is 43.7 Å². The van der Waals surface area contributed by atoms with Crippen LogP contribution >= 0.6 is 15.9 Å². The van der Waals surface area contributed by atoms with Crippen LogP contribution in [-0.2, 0) is 19.5 Å². The Bertz CT molecular complexity index is 1560. The molecule has 0 spiro atoms. The lowest BCUT2D eigenvalue weighted by Gasteiger charge is -2.44. The van der Waals surface area contributed by atoms with Gasteiger partial charge in [0.1, 0.15) is 21.4 Å². The van der Waals surface area contributed by atoms with Gasteiger partial charge in [0.05, 0.1) is 11.9 Å². The van der Waals surface area contributed by atoms with Crippen LogP contribution in [0, 0.1) is 6.92 Å². The number of hydrogen-bond acceptors (Lipinski definition) is 7. The molecular formula is C32H45BrF2N4O5Si. The van der Waals surface area contributed by atoms with Crippen LogP contribution in [0.3, 0.4) is 0 Å². The maximum absolute atomic E-state index is 14.9. The smallest absolute Gasteiger partial charge is 0.425 e. The van der Waals surface area contributed by atoms with Gasteiger partial charge in [-0.15, -0.1) is 0 Å². The minimum absolute atomic E-state index is 0.133. The molecule has 9 nitrogen and oxygen atoms in total. The van der Waals surface area contributed by atoms with E-state index in [2.05, 4.69) is 25.9 Å². The first-order valence-corrected chi connectivity index (χ1v) is 18.4. The summed E-state index contributed by atoms with van der Waals surface area (Å²) in [5, 5.41) is -0.290. The highest BCUT2D eigenvalue weighted by atomic mass is 79.9. The number of hydrogen-bond donors (Lipinski definition) is 0. The fraction of sp³-hybridized carbons (Fsp3) is 0.562. The predicted molar refractivity (Wildman–Crippen MR) is 177 cm³/mol. The number of imide groups is 1. The second kappa shape index (κ2) is 12.4. The number of alkyl halides is 2. The Morgan fingerprint density at radius 2 is 1.49 bits per heavy atom. The number of benzene rings is 1. The van der Waals surface area contributed by atoms with Crippen molar-refractivity contribution < 1.29 is 32.3 Å². The third kappa shape index (κ3) is 8.09. The number of carbonyl (C=O) groups excluding carboxylic acids is 2. The van der Waals surface area contributed by atoms with E-state index in [4.69, 9.17) is 13.9 Å². The Balaban J connectivity index is 2.26. The van der Waals surface area contributed by atoms with Gasteiger partial charge in [0.25, 0.3) is 6.43 Å². The molecule has 0 N–H and O–H groups in total. The molecule has 1 aromatic carbocycles. The molecule has 2 aromatic heterocycles. The number of carbonyl (C=O) groups is 2. The van der Waals surface area contributed by atoms with Crippen LogP contribution in [0.5, 0.6) is 0 Å². The zero-order valence-corrected chi connectivity index (χ0v) is 31.0. The van der Waals surface area contributed by atoms with E-state index in [1.54, 1.807) is 70.3 Å². The molecule has 0 aliphatic rings. The molecule has 0 radical (unpaired) electrons. The molecule has 2 heterocycles. The molecule has 3 aromatic rings. The highest BCUT2D eigenvalue weighted by molar-refractivity contribution is 9.10. The van der Waals surface area contributed by atoms with Gasteiger partial charge in [0.2, 0.25) is 0 Å². The normalized spacial score (nSPS) is 14.4. The molecule has 3 rings (SSSR count). The number of fused-ring (bicyclic) bond motifs is 1. The van der Waals surface area contributed by atoms with Crippen LogP contribution in [0.1, 0.15) is 80.4 Å². The Hall–Kier alpha value is -2.90. The van der Waals surface area contributed by atoms with Crippen molar-refractivity contribution in [3.05, 3.63) is 46.3 Å². The molecular weight excluding hydrogens is 666 g/mol. The van der Waals surface area contributed by atoms with Crippen molar-refractivity contribution in [2.24, 2.45) is 0 Å². The Labute approximate surface area is 273 Å². The van der Waals surface area contributed by atoms with Gasteiger partial charge in [-0.1, -0.05) is 32.9 Å². The van der Waals surface area contributed by atoms with Crippen LogP contribution in [0.25, 0.3) is 16.9 Å². The monoisotopic (exact) mass is 710 g/mol. The average Bonchev–Trinajstić information content (AvgIpc) is 3.24. The highest BCUT2D eigenvalue weighted by Gasteiger charge is 2.48. The summed E-state index contributed by atoms with van der Waals surface area (Å²) in [7, 11) is -2.62. The van der Waals surface area contributed by atoms with E-state index in [1.165, 1.54) is 13.1 Å². The summed E-state index contributed by atoms with van der Waals surface area (Å²) in [6.45, 7) is 23.2. The number of amides is 2. The molecule has 0 aliphatic carbocycles. The number of nitrogens with zero attached hydrogens (tertiary/aromatic N) is 4. The molecule has 0 saturated carbocycles. The zero-order valence-electron chi connectivity index (χ0n) is 28.4. The third-order valence-electron chi connectivity index (χ3n) is 7.59. The summed E-state index contributed by atoms with van der Waals surface area (Å²) in [4.78, 5) is 36.5. The molecule has 1 unspecified atom stereocenters. The van der Waals surface area contributed by atoms with Crippen LogP contribution in [-0.4, -0.2) is 52.5 Å². The number of ether oxygens (including phenoxy) is 2. The first-order valence-electron chi connectivity index (χ1n) is 14.7. The van der Waals surface area contributed by atoms with Crippen molar-refractivity contribution in [3.8, 4) is 11.3 Å². The first-order chi connectivity index (χ1) is 20.3. The lowest BCUT2D eigenvalue weighted by molar-refractivity contribution is -0.0777. The molecule has 2 amide bonds. The molecule has 45 heavy (non-hydrogen) atoms. The summed E-state index contributed by atoms with van der Waals surface area (Å²) >= 11 is 3.39. The number of aromatic nitrogens is 3. The first kappa shape index (κ1) is 36.6. The zero-order chi connectivity index (χ0) is 34.5. The van der Waals surface area contributed by atoms with Gasteiger partial charge in [-0.2, -0.15) is 4.90 Å². The SMILES string of the molecule is Cc1ccc(C(C)(O[Si](C)(C)C(C)(C)C)C(F)F)cc1-c1cnc2c(N(C(=O)OC(C)(C)C)C(=O)OC(C)(C)C)nc(Br)cn12. The molecule has 13 heteroatoms. The second-order valence-electron chi connectivity index (χ2n) is 14.8. The van der Waals surface area contributed by atoms with E-state index in [1.807, 2.05) is 40.8 Å². The van der Waals surface area contributed by atoms with E-state index in [9.17, 15) is 18.4 Å². The molecule has 1 atom stereocenters. The topological polar surface area (TPSA) is 95.3 Å². The predicted octanol–water partition coefficient (Wildman–Crippen LogP) is 9.65.